The third kappa shape index (κ3) is 4.39. The Morgan fingerprint density at radius 1 is 1.17 bits per heavy atom. The Labute approximate surface area is 144 Å². The van der Waals surface area contributed by atoms with Gasteiger partial charge in [-0.05, 0) is 55.2 Å². The van der Waals surface area contributed by atoms with E-state index in [4.69, 9.17) is 11.2 Å². The largest absolute Gasteiger partial charge is 0.481 e. The first-order valence-corrected chi connectivity index (χ1v) is 8.05. The van der Waals surface area contributed by atoms with Crippen molar-refractivity contribution in [2.24, 2.45) is 0 Å². The number of amides is 1. The maximum absolute atomic E-state index is 12.4. The van der Waals surface area contributed by atoms with Gasteiger partial charge >= 0.3 is 0 Å². The molecule has 2 aromatic rings. The van der Waals surface area contributed by atoms with Crippen LogP contribution >= 0.6 is 0 Å². The SMILES string of the molecule is C#Cc1cccc(NC(=O)C(C)Oc2cc(C)ccc2C(C)C)c1. The number of hydrogen-bond acceptors (Lipinski definition) is 2. The van der Waals surface area contributed by atoms with Gasteiger partial charge in [-0.1, -0.05) is 38.0 Å². The minimum absolute atomic E-state index is 0.208. The van der Waals surface area contributed by atoms with Gasteiger partial charge in [0, 0.05) is 11.3 Å². The van der Waals surface area contributed by atoms with Crippen molar-refractivity contribution in [3.63, 3.8) is 0 Å². The lowest BCUT2D eigenvalue weighted by atomic mass is 10.0. The van der Waals surface area contributed by atoms with Crippen LogP contribution < -0.4 is 10.1 Å². The van der Waals surface area contributed by atoms with Crippen LogP contribution in [0.15, 0.2) is 42.5 Å². The maximum Gasteiger partial charge on any atom is 0.265 e. The van der Waals surface area contributed by atoms with E-state index in [0.29, 0.717) is 11.6 Å². The molecule has 3 nitrogen and oxygen atoms in total. The van der Waals surface area contributed by atoms with Crippen molar-refractivity contribution in [3.05, 3.63) is 59.2 Å². The molecule has 0 aliphatic heterocycles. The van der Waals surface area contributed by atoms with Crippen LogP contribution in [0.2, 0.25) is 0 Å². The van der Waals surface area contributed by atoms with Gasteiger partial charge in [-0.15, -0.1) is 6.42 Å². The summed E-state index contributed by atoms with van der Waals surface area (Å²) >= 11 is 0. The molecule has 2 aromatic carbocycles. The van der Waals surface area contributed by atoms with Gasteiger partial charge in [-0.2, -0.15) is 0 Å². The lowest BCUT2D eigenvalue weighted by molar-refractivity contribution is -0.122. The second-order valence-electron chi connectivity index (χ2n) is 6.17. The van der Waals surface area contributed by atoms with Crippen molar-refractivity contribution in [2.45, 2.75) is 39.7 Å². The molecule has 0 radical (unpaired) electrons. The Hall–Kier alpha value is -2.73. The fourth-order valence-corrected chi connectivity index (χ4v) is 2.40. The van der Waals surface area contributed by atoms with Gasteiger partial charge in [0.05, 0.1) is 0 Å². The van der Waals surface area contributed by atoms with Crippen LogP contribution in [0.4, 0.5) is 5.69 Å². The highest BCUT2D eigenvalue weighted by Crippen LogP contribution is 2.28. The number of carbonyl (C=O) groups is 1. The van der Waals surface area contributed by atoms with E-state index in [-0.39, 0.29) is 5.91 Å². The van der Waals surface area contributed by atoms with Crippen molar-refractivity contribution in [1.82, 2.24) is 0 Å². The molecule has 0 aromatic heterocycles. The average Bonchev–Trinajstić information content (AvgIpc) is 2.54. The summed E-state index contributed by atoms with van der Waals surface area (Å²) < 4.78 is 5.93. The van der Waals surface area contributed by atoms with Crippen molar-refractivity contribution in [2.75, 3.05) is 5.32 Å². The Morgan fingerprint density at radius 2 is 1.92 bits per heavy atom. The topological polar surface area (TPSA) is 38.3 Å². The van der Waals surface area contributed by atoms with E-state index in [2.05, 4.69) is 37.2 Å². The molecule has 24 heavy (non-hydrogen) atoms. The molecule has 0 fully saturated rings. The predicted octanol–water partition coefficient (Wildman–Crippen LogP) is 4.51. The van der Waals surface area contributed by atoms with Gasteiger partial charge in [-0.3, -0.25) is 4.79 Å². The summed E-state index contributed by atoms with van der Waals surface area (Å²) in [5, 5.41) is 2.84. The monoisotopic (exact) mass is 321 g/mol. The standard InChI is InChI=1S/C21H23NO2/c1-6-17-8-7-9-18(13-17)22-21(23)16(5)24-20-12-15(4)10-11-19(20)14(2)3/h1,7-14,16H,2-5H3,(H,22,23). The first kappa shape index (κ1) is 17.6. The van der Waals surface area contributed by atoms with Crippen LogP contribution in [0, 0.1) is 19.3 Å². The molecule has 1 atom stereocenters. The highest BCUT2D eigenvalue weighted by molar-refractivity contribution is 5.94. The van der Waals surface area contributed by atoms with E-state index in [1.165, 1.54) is 0 Å². The molecule has 0 aliphatic rings. The number of anilines is 1. The van der Waals surface area contributed by atoms with Crippen LogP contribution in [0.5, 0.6) is 5.75 Å². The zero-order valence-corrected chi connectivity index (χ0v) is 14.6. The summed E-state index contributed by atoms with van der Waals surface area (Å²) in [5.41, 5.74) is 3.58. The molecule has 124 valence electrons. The Balaban J connectivity index is 2.12. The number of terminal acetylenes is 1. The number of hydrogen-bond donors (Lipinski definition) is 1. The predicted molar refractivity (Wildman–Crippen MR) is 98.4 cm³/mol. The summed E-state index contributed by atoms with van der Waals surface area (Å²) in [6.07, 6.45) is 4.77. The van der Waals surface area contributed by atoms with E-state index in [9.17, 15) is 4.79 Å². The average molecular weight is 321 g/mol. The van der Waals surface area contributed by atoms with Gasteiger partial charge in [0.1, 0.15) is 5.75 Å². The van der Waals surface area contributed by atoms with Crippen LogP contribution in [-0.2, 0) is 4.79 Å². The summed E-state index contributed by atoms with van der Waals surface area (Å²) in [6, 6.07) is 13.3. The van der Waals surface area contributed by atoms with Crippen LogP contribution in [0.25, 0.3) is 0 Å². The summed E-state index contributed by atoms with van der Waals surface area (Å²) in [6.45, 7) is 7.96. The number of rotatable bonds is 5. The van der Waals surface area contributed by atoms with E-state index in [0.717, 1.165) is 22.4 Å². The van der Waals surface area contributed by atoms with Crippen molar-refractivity contribution in [3.8, 4) is 18.1 Å². The summed E-state index contributed by atoms with van der Waals surface area (Å²) in [5.74, 6) is 3.42. The highest BCUT2D eigenvalue weighted by atomic mass is 16.5. The fraction of sp³-hybridized carbons (Fsp3) is 0.286. The maximum atomic E-state index is 12.4. The van der Waals surface area contributed by atoms with Gasteiger partial charge < -0.3 is 10.1 Å². The van der Waals surface area contributed by atoms with Crippen LogP contribution in [0.3, 0.4) is 0 Å². The number of carbonyl (C=O) groups excluding carboxylic acids is 1. The minimum Gasteiger partial charge on any atom is -0.481 e. The van der Waals surface area contributed by atoms with Crippen molar-refractivity contribution < 1.29 is 9.53 Å². The Bertz CT molecular complexity index is 772. The second kappa shape index (κ2) is 7.70. The molecule has 0 spiro atoms. The molecule has 0 heterocycles. The third-order valence-corrected chi connectivity index (χ3v) is 3.76. The smallest absolute Gasteiger partial charge is 0.265 e. The van der Waals surface area contributed by atoms with Gasteiger partial charge in [-0.25, -0.2) is 0 Å². The number of ether oxygens (including phenoxy) is 1. The molecule has 1 amide bonds. The normalized spacial score (nSPS) is 11.7. The van der Waals surface area contributed by atoms with Gasteiger partial charge in [0.15, 0.2) is 6.10 Å². The molecule has 1 unspecified atom stereocenters. The minimum atomic E-state index is -0.612. The number of aryl methyl sites for hydroxylation is 1. The first-order chi connectivity index (χ1) is 11.4. The van der Waals surface area contributed by atoms with Crippen molar-refractivity contribution >= 4 is 11.6 Å². The molecule has 2 rings (SSSR count). The van der Waals surface area contributed by atoms with Crippen LogP contribution in [0.1, 0.15) is 43.4 Å². The van der Waals surface area contributed by atoms with Gasteiger partial charge in [0.25, 0.3) is 5.91 Å². The highest BCUT2D eigenvalue weighted by Gasteiger charge is 2.18. The molecule has 0 aliphatic carbocycles. The first-order valence-electron chi connectivity index (χ1n) is 8.05. The molecule has 1 N–H and O–H groups in total. The van der Waals surface area contributed by atoms with Gasteiger partial charge in [0.2, 0.25) is 0 Å². The Kier molecular flexibility index (Phi) is 5.65. The van der Waals surface area contributed by atoms with E-state index in [1.807, 2.05) is 25.1 Å². The summed E-state index contributed by atoms with van der Waals surface area (Å²) in [7, 11) is 0. The number of nitrogens with one attached hydrogen (secondary N) is 1. The Morgan fingerprint density at radius 3 is 2.58 bits per heavy atom. The molecule has 0 saturated carbocycles. The molecular weight excluding hydrogens is 298 g/mol. The second-order valence-corrected chi connectivity index (χ2v) is 6.17. The molecule has 0 saturated heterocycles. The fourth-order valence-electron chi connectivity index (χ4n) is 2.40. The quantitative estimate of drug-likeness (QED) is 0.823. The zero-order valence-electron chi connectivity index (χ0n) is 14.6. The molecular formula is C21H23NO2. The van der Waals surface area contributed by atoms with E-state index in [1.54, 1.807) is 19.1 Å². The number of benzene rings is 2. The molecule has 3 heteroatoms. The van der Waals surface area contributed by atoms with E-state index < -0.39 is 6.10 Å². The van der Waals surface area contributed by atoms with E-state index >= 15 is 0 Å². The summed E-state index contributed by atoms with van der Waals surface area (Å²) in [4.78, 5) is 12.4. The van der Waals surface area contributed by atoms with Crippen molar-refractivity contribution in [1.29, 1.82) is 0 Å². The molecule has 0 bridgehead atoms. The lowest BCUT2D eigenvalue weighted by Crippen LogP contribution is -2.30. The lowest BCUT2D eigenvalue weighted by Gasteiger charge is -2.19. The third-order valence-electron chi connectivity index (χ3n) is 3.76. The van der Waals surface area contributed by atoms with Crippen LogP contribution in [-0.4, -0.2) is 12.0 Å². The zero-order chi connectivity index (χ0) is 17.7.